The molecule has 1 amide bonds. The largest absolute Gasteiger partial charge is 0.452 e. The standard InChI is InChI=1S/C18H18N2O5/c1-11-4-7-14(8-5-11)18(22)25-10-16(21)19-17-13(3)12(2)6-9-15(17)20(23)24/h4-9H,10H2,1-3H3,(H,19,21). The lowest BCUT2D eigenvalue weighted by atomic mass is 10.1. The Kier molecular flexibility index (Phi) is 5.49. The Morgan fingerprint density at radius 3 is 2.32 bits per heavy atom. The van der Waals surface area contributed by atoms with E-state index in [1.165, 1.54) is 6.07 Å². The average molecular weight is 342 g/mol. The lowest BCUT2D eigenvalue weighted by Crippen LogP contribution is -2.22. The van der Waals surface area contributed by atoms with Gasteiger partial charge in [0.05, 0.1) is 10.5 Å². The molecule has 0 aliphatic rings. The first-order valence-corrected chi connectivity index (χ1v) is 7.58. The fourth-order valence-corrected chi connectivity index (χ4v) is 2.19. The van der Waals surface area contributed by atoms with Crippen LogP contribution in [0.4, 0.5) is 11.4 Å². The zero-order valence-corrected chi connectivity index (χ0v) is 14.2. The van der Waals surface area contributed by atoms with E-state index in [2.05, 4.69) is 5.32 Å². The van der Waals surface area contributed by atoms with E-state index in [1.54, 1.807) is 44.2 Å². The number of esters is 1. The van der Waals surface area contributed by atoms with Crippen molar-refractivity contribution in [3.8, 4) is 0 Å². The van der Waals surface area contributed by atoms with Gasteiger partial charge in [-0.1, -0.05) is 23.8 Å². The van der Waals surface area contributed by atoms with Crippen LogP contribution in [-0.2, 0) is 9.53 Å². The van der Waals surface area contributed by atoms with Gasteiger partial charge in [-0.25, -0.2) is 4.79 Å². The van der Waals surface area contributed by atoms with Crippen LogP contribution in [0.15, 0.2) is 36.4 Å². The fraction of sp³-hybridized carbons (Fsp3) is 0.222. The molecule has 25 heavy (non-hydrogen) atoms. The minimum atomic E-state index is -0.641. The summed E-state index contributed by atoms with van der Waals surface area (Å²) in [5, 5.41) is 13.6. The second-order valence-corrected chi connectivity index (χ2v) is 5.65. The highest BCUT2D eigenvalue weighted by Gasteiger charge is 2.20. The number of hydrogen-bond acceptors (Lipinski definition) is 5. The Labute approximate surface area is 144 Å². The van der Waals surface area contributed by atoms with Gasteiger partial charge >= 0.3 is 5.97 Å². The Bertz CT molecular complexity index is 828. The smallest absolute Gasteiger partial charge is 0.338 e. The van der Waals surface area contributed by atoms with E-state index in [1.807, 2.05) is 6.92 Å². The maximum absolute atomic E-state index is 12.0. The van der Waals surface area contributed by atoms with Crippen LogP contribution in [-0.4, -0.2) is 23.4 Å². The Morgan fingerprint density at radius 1 is 1.08 bits per heavy atom. The van der Waals surface area contributed by atoms with Crippen molar-refractivity contribution in [1.82, 2.24) is 0 Å². The normalized spacial score (nSPS) is 10.2. The van der Waals surface area contributed by atoms with Gasteiger partial charge in [0.1, 0.15) is 5.69 Å². The number of nitro benzene ring substituents is 1. The number of anilines is 1. The summed E-state index contributed by atoms with van der Waals surface area (Å²) in [4.78, 5) is 34.5. The molecule has 0 radical (unpaired) electrons. The molecule has 2 aromatic carbocycles. The Balaban J connectivity index is 2.06. The highest BCUT2D eigenvalue weighted by molar-refractivity contribution is 5.97. The molecule has 0 aliphatic heterocycles. The number of nitrogens with one attached hydrogen (secondary N) is 1. The summed E-state index contributed by atoms with van der Waals surface area (Å²) in [6, 6.07) is 9.67. The van der Waals surface area contributed by atoms with E-state index in [9.17, 15) is 19.7 Å². The summed E-state index contributed by atoms with van der Waals surface area (Å²) in [5.41, 5.74) is 2.63. The molecule has 2 aromatic rings. The quantitative estimate of drug-likeness (QED) is 0.510. The van der Waals surface area contributed by atoms with Crippen LogP contribution in [0.25, 0.3) is 0 Å². The van der Waals surface area contributed by atoms with Gasteiger partial charge in [0.25, 0.3) is 11.6 Å². The summed E-state index contributed by atoms with van der Waals surface area (Å²) < 4.78 is 4.95. The van der Waals surface area contributed by atoms with Crippen LogP contribution in [0, 0.1) is 30.9 Å². The van der Waals surface area contributed by atoms with Crippen molar-refractivity contribution in [2.45, 2.75) is 20.8 Å². The van der Waals surface area contributed by atoms with E-state index in [0.717, 1.165) is 11.1 Å². The molecule has 0 atom stereocenters. The average Bonchev–Trinajstić information content (AvgIpc) is 2.57. The number of carbonyl (C=O) groups excluding carboxylic acids is 2. The minimum Gasteiger partial charge on any atom is -0.452 e. The minimum absolute atomic E-state index is 0.112. The van der Waals surface area contributed by atoms with Crippen molar-refractivity contribution in [3.05, 3.63) is 68.8 Å². The summed E-state index contributed by atoms with van der Waals surface area (Å²) in [5.74, 6) is -1.28. The number of ether oxygens (including phenoxy) is 1. The lowest BCUT2D eigenvalue weighted by molar-refractivity contribution is -0.384. The maximum Gasteiger partial charge on any atom is 0.338 e. The number of hydrogen-bond donors (Lipinski definition) is 1. The molecular weight excluding hydrogens is 324 g/mol. The number of carbonyl (C=O) groups is 2. The van der Waals surface area contributed by atoms with Gasteiger partial charge in [0, 0.05) is 6.07 Å². The Morgan fingerprint density at radius 2 is 1.72 bits per heavy atom. The van der Waals surface area contributed by atoms with Crippen molar-refractivity contribution >= 4 is 23.3 Å². The Hall–Kier alpha value is -3.22. The van der Waals surface area contributed by atoms with Crippen LogP contribution in [0.5, 0.6) is 0 Å². The maximum atomic E-state index is 12.0. The van der Waals surface area contributed by atoms with Crippen LogP contribution < -0.4 is 5.32 Å². The van der Waals surface area contributed by atoms with Crippen LogP contribution in [0.1, 0.15) is 27.0 Å². The van der Waals surface area contributed by atoms with Crippen molar-refractivity contribution in [3.63, 3.8) is 0 Å². The molecule has 0 heterocycles. The lowest BCUT2D eigenvalue weighted by Gasteiger charge is -2.11. The predicted octanol–water partition coefficient (Wildman–Crippen LogP) is 3.32. The molecule has 130 valence electrons. The summed E-state index contributed by atoms with van der Waals surface area (Å²) >= 11 is 0. The zero-order valence-electron chi connectivity index (χ0n) is 14.2. The van der Waals surface area contributed by atoms with E-state index in [-0.39, 0.29) is 11.4 Å². The van der Waals surface area contributed by atoms with E-state index in [4.69, 9.17) is 4.74 Å². The van der Waals surface area contributed by atoms with Gasteiger partial charge in [-0.15, -0.1) is 0 Å². The molecule has 0 spiro atoms. The van der Waals surface area contributed by atoms with Gasteiger partial charge in [0.15, 0.2) is 6.61 Å². The summed E-state index contributed by atoms with van der Waals surface area (Å²) in [6.07, 6.45) is 0. The van der Waals surface area contributed by atoms with Gasteiger partial charge in [-0.3, -0.25) is 14.9 Å². The first-order valence-electron chi connectivity index (χ1n) is 7.58. The molecule has 7 nitrogen and oxygen atoms in total. The SMILES string of the molecule is Cc1ccc(C(=O)OCC(=O)Nc2c([N+](=O)[O-])ccc(C)c2C)cc1. The zero-order chi connectivity index (χ0) is 18.6. The second kappa shape index (κ2) is 7.57. The molecule has 0 saturated carbocycles. The molecule has 0 aromatic heterocycles. The molecule has 0 aliphatic carbocycles. The molecule has 0 saturated heterocycles. The predicted molar refractivity (Wildman–Crippen MR) is 92.7 cm³/mol. The third kappa shape index (κ3) is 4.41. The molecule has 7 heteroatoms. The van der Waals surface area contributed by atoms with E-state index >= 15 is 0 Å². The molecule has 1 N–H and O–H groups in total. The van der Waals surface area contributed by atoms with Gasteiger partial charge in [-0.2, -0.15) is 0 Å². The number of rotatable bonds is 5. The summed E-state index contributed by atoms with van der Waals surface area (Å²) in [7, 11) is 0. The number of aryl methyl sites for hydroxylation is 2. The van der Waals surface area contributed by atoms with Gasteiger partial charge in [-0.05, 0) is 44.0 Å². The number of amides is 1. The molecule has 2 rings (SSSR count). The molecular formula is C18H18N2O5. The topological polar surface area (TPSA) is 98.5 Å². The molecule has 0 bridgehead atoms. The van der Waals surface area contributed by atoms with Crippen molar-refractivity contribution < 1.29 is 19.2 Å². The third-order valence-electron chi connectivity index (χ3n) is 3.80. The van der Waals surface area contributed by atoms with Gasteiger partial charge in [0.2, 0.25) is 0 Å². The van der Waals surface area contributed by atoms with Crippen molar-refractivity contribution in [2.75, 3.05) is 11.9 Å². The number of nitrogens with zero attached hydrogens (tertiary/aromatic N) is 1. The highest BCUT2D eigenvalue weighted by Crippen LogP contribution is 2.30. The highest BCUT2D eigenvalue weighted by atomic mass is 16.6. The van der Waals surface area contributed by atoms with E-state index in [0.29, 0.717) is 11.1 Å². The first kappa shape index (κ1) is 18.1. The van der Waals surface area contributed by atoms with Crippen LogP contribution >= 0.6 is 0 Å². The number of benzene rings is 2. The van der Waals surface area contributed by atoms with Gasteiger partial charge < -0.3 is 10.1 Å². The first-order chi connectivity index (χ1) is 11.8. The van der Waals surface area contributed by atoms with E-state index < -0.39 is 23.4 Å². The van der Waals surface area contributed by atoms with Crippen LogP contribution in [0.2, 0.25) is 0 Å². The molecule has 0 unspecified atom stereocenters. The van der Waals surface area contributed by atoms with Crippen LogP contribution in [0.3, 0.4) is 0 Å². The fourth-order valence-electron chi connectivity index (χ4n) is 2.19. The number of nitro groups is 1. The third-order valence-corrected chi connectivity index (χ3v) is 3.80. The van der Waals surface area contributed by atoms with Crippen molar-refractivity contribution in [1.29, 1.82) is 0 Å². The molecule has 0 fully saturated rings. The second-order valence-electron chi connectivity index (χ2n) is 5.65. The summed E-state index contributed by atoms with van der Waals surface area (Å²) in [6.45, 7) is 4.82. The van der Waals surface area contributed by atoms with Crippen molar-refractivity contribution in [2.24, 2.45) is 0 Å². The monoisotopic (exact) mass is 342 g/mol.